The van der Waals surface area contributed by atoms with Gasteiger partial charge in [0.2, 0.25) is 0 Å². The van der Waals surface area contributed by atoms with Gasteiger partial charge in [-0.2, -0.15) is 0 Å². The summed E-state index contributed by atoms with van der Waals surface area (Å²) in [6.45, 7) is 4.53. The quantitative estimate of drug-likeness (QED) is 0.781. The molecule has 1 aliphatic carbocycles. The summed E-state index contributed by atoms with van der Waals surface area (Å²) in [6, 6.07) is 2.33. The van der Waals surface area contributed by atoms with Crippen molar-refractivity contribution in [3.63, 3.8) is 0 Å². The van der Waals surface area contributed by atoms with Crippen LogP contribution in [0.1, 0.15) is 37.2 Å². The lowest BCUT2D eigenvalue weighted by molar-refractivity contribution is -0.0918. The first kappa shape index (κ1) is 13.3. The highest BCUT2D eigenvalue weighted by Gasteiger charge is 2.34. The fourth-order valence-electron chi connectivity index (χ4n) is 3.21. The zero-order chi connectivity index (χ0) is 13.2. The van der Waals surface area contributed by atoms with Crippen molar-refractivity contribution in [2.24, 2.45) is 0 Å². The summed E-state index contributed by atoms with van der Waals surface area (Å²) in [4.78, 5) is 11.3. The van der Waals surface area contributed by atoms with Gasteiger partial charge in [0, 0.05) is 18.3 Å². The van der Waals surface area contributed by atoms with Gasteiger partial charge in [-0.15, -0.1) is 0 Å². The Morgan fingerprint density at radius 2 is 2.21 bits per heavy atom. The maximum Gasteiger partial charge on any atom is 0.144 e. The van der Waals surface area contributed by atoms with E-state index in [0.29, 0.717) is 17.3 Å². The summed E-state index contributed by atoms with van der Waals surface area (Å²) in [5, 5.41) is 0.538. The van der Waals surface area contributed by atoms with Crippen molar-refractivity contribution in [2.45, 2.75) is 51.3 Å². The van der Waals surface area contributed by atoms with Crippen LogP contribution < -0.4 is 0 Å². The van der Waals surface area contributed by atoms with Crippen LogP contribution in [-0.4, -0.2) is 40.2 Å². The summed E-state index contributed by atoms with van der Waals surface area (Å²) in [5.74, 6) is 0.830. The van der Waals surface area contributed by atoms with Crippen molar-refractivity contribution in [1.29, 1.82) is 0 Å². The lowest BCUT2D eigenvalue weighted by Gasteiger charge is -2.43. The number of aromatic nitrogens is 2. The van der Waals surface area contributed by atoms with E-state index in [1.165, 1.54) is 25.7 Å². The molecule has 104 valence electrons. The molecular formula is C14H20ClN3O. The van der Waals surface area contributed by atoms with Gasteiger partial charge in [0.25, 0.3) is 0 Å². The molecule has 0 aromatic carbocycles. The molecule has 0 amide bonds. The minimum Gasteiger partial charge on any atom is -0.375 e. The van der Waals surface area contributed by atoms with E-state index in [1.807, 2.05) is 6.92 Å². The second-order valence-corrected chi connectivity index (χ2v) is 5.87. The largest absolute Gasteiger partial charge is 0.375 e. The molecule has 1 aromatic rings. The molecule has 2 fully saturated rings. The molecule has 1 saturated carbocycles. The average Bonchev–Trinajstić information content (AvgIpc) is 2.38. The van der Waals surface area contributed by atoms with Crippen LogP contribution in [0.2, 0.25) is 5.15 Å². The SMILES string of the molecule is Cc1cc(Cl)nc(CN2CCOC3CCCCC32)n1. The topological polar surface area (TPSA) is 38.2 Å². The Hall–Kier alpha value is -0.710. The first-order valence-corrected chi connectivity index (χ1v) is 7.46. The van der Waals surface area contributed by atoms with E-state index in [-0.39, 0.29) is 0 Å². The number of hydrogen-bond acceptors (Lipinski definition) is 4. The molecule has 2 heterocycles. The minimum absolute atomic E-state index is 0.405. The molecule has 5 heteroatoms. The Labute approximate surface area is 119 Å². The highest BCUT2D eigenvalue weighted by Crippen LogP contribution is 2.29. The van der Waals surface area contributed by atoms with E-state index in [1.54, 1.807) is 6.07 Å². The number of halogens is 1. The van der Waals surface area contributed by atoms with Crippen LogP contribution in [0.25, 0.3) is 0 Å². The minimum atomic E-state index is 0.405. The molecule has 0 radical (unpaired) electrons. The van der Waals surface area contributed by atoms with E-state index >= 15 is 0 Å². The molecule has 1 aromatic heterocycles. The van der Waals surface area contributed by atoms with Gasteiger partial charge in [-0.05, 0) is 25.8 Å². The highest BCUT2D eigenvalue weighted by molar-refractivity contribution is 6.29. The summed E-state index contributed by atoms with van der Waals surface area (Å²) >= 11 is 6.01. The average molecular weight is 282 g/mol. The Morgan fingerprint density at radius 1 is 1.37 bits per heavy atom. The summed E-state index contributed by atoms with van der Waals surface area (Å²) < 4.78 is 5.89. The lowest BCUT2D eigenvalue weighted by Crippen LogP contribution is -2.52. The summed E-state index contributed by atoms with van der Waals surface area (Å²) in [5.41, 5.74) is 0.934. The standard InChI is InChI=1S/C14H20ClN3O/c1-10-8-13(15)17-14(16-10)9-18-6-7-19-12-5-3-2-4-11(12)18/h8,11-12H,2-7,9H2,1H3. The number of ether oxygens (including phenoxy) is 1. The second kappa shape index (κ2) is 5.73. The smallest absolute Gasteiger partial charge is 0.144 e. The van der Waals surface area contributed by atoms with E-state index in [0.717, 1.165) is 31.2 Å². The van der Waals surface area contributed by atoms with Gasteiger partial charge in [-0.25, -0.2) is 9.97 Å². The van der Waals surface area contributed by atoms with Crippen molar-refractivity contribution >= 4 is 11.6 Å². The third kappa shape index (κ3) is 3.07. The fraction of sp³-hybridized carbons (Fsp3) is 0.714. The number of aryl methyl sites for hydroxylation is 1. The van der Waals surface area contributed by atoms with Crippen molar-refractivity contribution in [3.8, 4) is 0 Å². The Morgan fingerprint density at radius 3 is 3.05 bits per heavy atom. The van der Waals surface area contributed by atoms with E-state index in [2.05, 4.69) is 14.9 Å². The number of fused-ring (bicyclic) bond motifs is 1. The lowest BCUT2D eigenvalue weighted by atomic mass is 9.90. The monoisotopic (exact) mass is 281 g/mol. The van der Waals surface area contributed by atoms with Crippen molar-refractivity contribution < 1.29 is 4.74 Å². The second-order valence-electron chi connectivity index (χ2n) is 5.48. The number of morpholine rings is 1. The molecule has 3 rings (SSSR count). The Balaban J connectivity index is 1.74. The molecular weight excluding hydrogens is 262 g/mol. The molecule has 2 unspecified atom stereocenters. The van der Waals surface area contributed by atoms with Crippen molar-refractivity contribution in [2.75, 3.05) is 13.2 Å². The van der Waals surface area contributed by atoms with E-state index in [9.17, 15) is 0 Å². The normalized spacial score (nSPS) is 28.1. The maximum atomic E-state index is 6.01. The molecule has 1 aliphatic heterocycles. The zero-order valence-corrected chi connectivity index (χ0v) is 12.1. The molecule has 19 heavy (non-hydrogen) atoms. The number of nitrogens with zero attached hydrogens (tertiary/aromatic N) is 3. The zero-order valence-electron chi connectivity index (χ0n) is 11.3. The van der Waals surface area contributed by atoms with Crippen molar-refractivity contribution in [1.82, 2.24) is 14.9 Å². The van der Waals surface area contributed by atoms with Crippen LogP contribution in [0.3, 0.4) is 0 Å². The van der Waals surface area contributed by atoms with Gasteiger partial charge in [0.15, 0.2) is 0 Å². The van der Waals surface area contributed by atoms with Gasteiger partial charge < -0.3 is 4.74 Å². The van der Waals surface area contributed by atoms with Crippen LogP contribution in [0.15, 0.2) is 6.07 Å². The molecule has 1 saturated heterocycles. The number of hydrogen-bond donors (Lipinski definition) is 0. The Bertz CT molecular complexity index is 432. The van der Waals surface area contributed by atoms with E-state index < -0.39 is 0 Å². The van der Waals surface area contributed by atoms with Crippen LogP contribution >= 0.6 is 11.6 Å². The molecule has 0 N–H and O–H groups in total. The molecule has 0 spiro atoms. The molecule has 2 atom stereocenters. The predicted octanol–water partition coefficient (Wildman–Crippen LogP) is 2.58. The van der Waals surface area contributed by atoms with E-state index in [4.69, 9.17) is 16.3 Å². The predicted molar refractivity (Wildman–Crippen MR) is 74.2 cm³/mol. The maximum absolute atomic E-state index is 6.01. The van der Waals surface area contributed by atoms with Gasteiger partial charge in [0.05, 0.1) is 19.3 Å². The van der Waals surface area contributed by atoms with Gasteiger partial charge in [-0.1, -0.05) is 24.4 Å². The molecule has 2 aliphatic rings. The van der Waals surface area contributed by atoms with Gasteiger partial charge in [-0.3, -0.25) is 4.90 Å². The van der Waals surface area contributed by atoms with Gasteiger partial charge >= 0.3 is 0 Å². The third-order valence-corrected chi connectivity index (χ3v) is 4.25. The molecule has 4 nitrogen and oxygen atoms in total. The number of rotatable bonds is 2. The van der Waals surface area contributed by atoms with Crippen LogP contribution in [0.4, 0.5) is 0 Å². The molecule has 0 bridgehead atoms. The summed E-state index contributed by atoms with van der Waals surface area (Å²) in [7, 11) is 0. The van der Waals surface area contributed by atoms with Crippen LogP contribution in [-0.2, 0) is 11.3 Å². The van der Waals surface area contributed by atoms with Gasteiger partial charge in [0.1, 0.15) is 11.0 Å². The summed E-state index contributed by atoms with van der Waals surface area (Å²) in [6.07, 6.45) is 5.42. The first-order valence-electron chi connectivity index (χ1n) is 7.08. The van der Waals surface area contributed by atoms with Crippen LogP contribution in [0, 0.1) is 6.92 Å². The fourth-order valence-corrected chi connectivity index (χ4v) is 3.47. The Kier molecular flexibility index (Phi) is 4.01. The third-order valence-electron chi connectivity index (χ3n) is 4.06. The highest BCUT2D eigenvalue weighted by atomic mass is 35.5. The van der Waals surface area contributed by atoms with Crippen molar-refractivity contribution in [3.05, 3.63) is 22.7 Å². The van der Waals surface area contributed by atoms with Crippen LogP contribution in [0.5, 0.6) is 0 Å². The first-order chi connectivity index (χ1) is 9.22.